The third-order valence-corrected chi connectivity index (χ3v) is 5.99. The molecular weight excluding hydrogens is 412 g/mol. The van der Waals surface area contributed by atoms with Crippen LogP contribution in [0.25, 0.3) is 0 Å². The lowest BCUT2D eigenvalue weighted by molar-refractivity contribution is 0.0673. The smallest absolute Gasteiger partial charge is 0.254 e. The highest BCUT2D eigenvalue weighted by molar-refractivity contribution is 6.31. The zero-order valence-electron chi connectivity index (χ0n) is 17.9. The predicted molar refractivity (Wildman–Crippen MR) is 122 cm³/mol. The summed E-state index contributed by atoms with van der Waals surface area (Å²) in [5.74, 6) is 2.01. The van der Waals surface area contributed by atoms with E-state index in [9.17, 15) is 4.79 Å². The maximum absolute atomic E-state index is 13.0. The van der Waals surface area contributed by atoms with Crippen LogP contribution in [0.2, 0.25) is 5.02 Å². The highest BCUT2D eigenvalue weighted by Crippen LogP contribution is 2.27. The molecule has 1 saturated heterocycles. The molecule has 1 aliphatic rings. The number of ether oxygens (including phenoxy) is 1. The molecule has 1 aliphatic heterocycles. The summed E-state index contributed by atoms with van der Waals surface area (Å²) in [6, 6.07) is 15.1. The van der Waals surface area contributed by atoms with Crippen LogP contribution in [0.3, 0.4) is 0 Å². The van der Waals surface area contributed by atoms with Crippen molar-refractivity contribution in [2.24, 2.45) is 0 Å². The summed E-state index contributed by atoms with van der Waals surface area (Å²) >= 11 is 6.09. The van der Waals surface area contributed by atoms with Crippen molar-refractivity contribution in [3.05, 3.63) is 76.6 Å². The van der Waals surface area contributed by atoms with Crippen molar-refractivity contribution in [1.82, 2.24) is 14.9 Å². The molecule has 160 valence electrons. The Hall–Kier alpha value is -3.12. The minimum absolute atomic E-state index is 0.0547. The van der Waals surface area contributed by atoms with Crippen molar-refractivity contribution in [1.29, 1.82) is 0 Å². The topological polar surface area (TPSA) is 58.6 Å². The van der Waals surface area contributed by atoms with E-state index in [0.29, 0.717) is 36.3 Å². The van der Waals surface area contributed by atoms with Gasteiger partial charge in [-0.25, -0.2) is 9.97 Å². The van der Waals surface area contributed by atoms with Crippen LogP contribution in [-0.4, -0.2) is 46.5 Å². The van der Waals surface area contributed by atoms with Gasteiger partial charge in [-0.2, -0.15) is 0 Å². The summed E-state index contributed by atoms with van der Waals surface area (Å²) < 4.78 is 5.90. The fraction of sp³-hybridized carbons (Fsp3) is 0.292. The molecule has 7 heteroatoms. The number of anilines is 1. The van der Waals surface area contributed by atoms with Gasteiger partial charge in [-0.1, -0.05) is 29.8 Å². The molecule has 0 aliphatic carbocycles. The van der Waals surface area contributed by atoms with Gasteiger partial charge >= 0.3 is 0 Å². The number of hydrogen-bond acceptors (Lipinski definition) is 5. The fourth-order valence-electron chi connectivity index (χ4n) is 3.80. The molecule has 3 aromatic rings. The molecule has 1 aromatic heterocycles. The van der Waals surface area contributed by atoms with Crippen LogP contribution in [0.1, 0.15) is 28.4 Å². The molecule has 0 spiro atoms. The Balaban J connectivity index is 1.45. The summed E-state index contributed by atoms with van der Waals surface area (Å²) in [6.45, 7) is 7.98. The molecule has 1 fully saturated rings. The van der Waals surface area contributed by atoms with Crippen molar-refractivity contribution < 1.29 is 9.53 Å². The number of carbonyl (C=O) groups excluding carboxylic acids is 1. The summed E-state index contributed by atoms with van der Waals surface area (Å²) in [5.41, 5.74) is 2.70. The van der Waals surface area contributed by atoms with Gasteiger partial charge in [0.05, 0.1) is 0 Å². The third kappa shape index (κ3) is 4.64. The number of piperazine rings is 1. The monoisotopic (exact) mass is 436 g/mol. The molecule has 0 N–H and O–H groups in total. The van der Waals surface area contributed by atoms with Gasteiger partial charge in [0.2, 0.25) is 5.88 Å². The van der Waals surface area contributed by atoms with Gasteiger partial charge in [-0.15, -0.1) is 0 Å². The average molecular weight is 437 g/mol. The number of carbonyl (C=O) groups is 1. The van der Waals surface area contributed by atoms with E-state index in [1.807, 2.05) is 61.2 Å². The SMILES string of the molecule is Cc1cc(Oc2cc(N3CCN(C(=O)c4ccccc4C)[C@H](C)C3)ncn2)ccc1Cl. The molecule has 0 unspecified atom stereocenters. The Labute approximate surface area is 187 Å². The molecule has 31 heavy (non-hydrogen) atoms. The Morgan fingerprint density at radius 2 is 1.87 bits per heavy atom. The molecule has 0 saturated carbocycles. The average Bonchev–Trinajstić information content (AvgIpc) is 2.76. The second kappa shape index (κ2) is 8.94. The van der Waals surface area contributed by atoms with Gasteiger partial charge in [0.15, 0.2) is 0 Å². The number of halogens is 1. The van der Waals surface area contributed by atoms with Crippen LogP contribution >= 0.6 is 11.6 Å². The largest absolute Gasteiger partial charge is 0.439 e. The number of aromatic nitrogens is 2. The van der Waals surface area contributed by atoms with E-state index in [0.717, 1.165) is 22.5 Å². The van der Waals surface area contributed by atoms with Crippen molar-refractivity contribution in [3.8, 4) is 11.6 Å². The molecule has 0 bridgehead atoms. The summed E-state index contributed by atoms with van der Waals surface area (Å²) in [5, 5.41) is 0.697. The molecular formula is C24H25ClN4O2. The number of nitrogens with zero attached hydrogens (tertiary/aromatic N) is 4. The van der Waals surface area contributed by atoms with E-state index >= 15 is 0 Å². The van der Waals surface area contributed by atoms with E-state index in [4.69, 9.17) is 16.3 Å². The van der Waals surface area contributed by atoms with Gasteiger partial charge in [0.1, 0.15) is 17.9 Å². The fourth-order valence-corrected chi connectivity index (χ4v) is 3.91. The zero-order valence-corrected chi connectivity index (χ0v) is 18.6. The van der Waals surface area contributed by atoms with Crippen molar-refractivity contribution in [2.45, 2.75) is 26.8 Å². The van der Waals surface area contributed by atoms with E-state index in [1.165, 1.54) is 6.33 Å². The first-order chi connectivity index (χ1) is 14.9. The van der Waals surface area contributed by atoms with Gasteiger partial charge in [0.25, 0.3) is 5.91 Å². The van der Waals surface area contributed by atoms with Gasteiger partial charge in [-0.05, 0) is 56.2 Å². The van der Waals surface area contributed by atoms with Crippen LogP contribution in [0.5, 0.6) is 11.6 Å². The van der Waals surface area contributed by atoms with Crippen LogP contribution in [0.15, 0.2) is 54.9 Å². The lowest BCUT2D eigenvalue weighted by Crippen LogP contribution is -2.54. The molecule has 0 radical (unpaired) electrons. The first-order valence-corrected chi connectivity index (χ1v) is 10.7. The summed E-state index contributed by atoms with van der Waals surface area (Å²) in [4.78, 5) is 25.8. The maximum Gasteiger partial charge on any atom is 0.254 e. The number of benzene rings is 2. The summed E-state index contributed by atoms with van der Waals surface area (Å²) in [7, 11) is 0. The standard InChI is InChI=1S/C24H25ClN4O2/c1-16-6-4-5-7-20(16)24(30)29-11-10-28(14-18(29)3)22-13-23(27-15-26-22)31-19-8-9-21(25)17(2)12-19/h4-9,12-13,15,18H,10-11,14H2,1-3H3/t18-/m1/s1. The maximum atomic E-state index is 13.0. The second-order valence-electron chi connectivity index (χ2n) is 7.84. The number of hydrogen-bond donors (Lipinski definition) is 0. The lowest BCUT2D eigenvalue weighted by Gasteiger charge is -2.40. The normalized spacial score (nSPS) is 16.3. The molecule has 6 nitrogen and oxygen atoms in total. The van der Waals surface area contributed by atoms with Crippen molar-refractivity contribution in [2.75, 3.05) is 24.5 Å². The lowest BCUT2D eigenvalue weighted by atomic mass is 10.1. The van der Waals surface area contributed by atoms with Crippen molar-refractivity contribution >= 4 is 23.3 Å². The molecule has 2 heterocycles. The molecule has 4 rings (SSSR count). The van der Waals surface area contributed by atoms with Crippen LogP contribution < -0.4 is 9.64 Å². The highest BCUT2D eigenvalue weighted by atomic mass is 35.5. The molecule has 1 atom stereocenters. The molecule has 2 aromatic carbocycles. The Morgan fingerprint density at radius 1 is 1.06 bits per heavy atom. The number of aryl methyl sites for hydroxylation is 2. The third-order valence-electron chi connectivity index (χ3n) is 5.57. The first-order valence-electron chi connectivity index (χ1n) is 10.3. The van der Waals surface area contributed by atoms with Gasteiger partial charge in [-0.3, -0.25) is 4.79 Å². The van der Waals surface area contributed by atoms with Gasteiger partial charge < -0.3 is 14.5 Å². The van der Waals surface area contributed by atoms with E-state index in [2.05, 4.69) is 21.8 Å². The minimum Gasteiger partial charge on any atom is -0.439 e. The summed E-state index contributed by atoms with van der Waals surface area (Å²) in [6.07, 6.45) is 1.50. The Morgan fingerprint density at radius 3 is 2.61 bits per heavy atom. The van der Waals surface area contributed by atoms with Crippen LogP contribution in [0.4, 0.5) is 5.82 Å². The number of rotatable bonds is 4. The predicted octanol–water partition coefficient (Wildman–Crippen LogP) is 4.89. The van der Waals surface area contributed by atoms with Gasteiger partial charge in [0, 0.05) is 42.3 Å². The quantitative estimate of drug-likeness (QED) is 0.582. The zero-order chi connectivity index (χ0) is 22.0. The second-order valence-corrected chi connectivity index (χ2v) is 8.24. The van der Waals surface area contributed by atoms with Crippen molar-refractivity contribution in [3.63, 3.8) is 0 Å². The minimum atomic E-state index is 0.0547. The Bertz CT molecular complexity index is 1100. The Kier molecular flexibility index (Phi) is 6.09. The number of amides is 1. The highest BCUT2D eigenvalue weighted by Gasteiger charge is 2.29. The first kappa shape index (κ1) is 21.1. The van der Waals surface area contributed by atoms with E-state index in [1.54, 1.807) is 6.07 Å². The van der Waals surface area contributed by atoms with E-state index in [-0.39, 0.29) is 11.9 Å². The van der Waals surface area contributed by atoms with Crippen LogP contribution in [-0.2, 0) is 0 Å². The molecule has 1 amide bonds. The van der Waals surface area contributed by atoms with Crippen LogP contribution in [0, 0.1) is 13.8 Å². The van der Waals surface area contributed by atoms with E-state index < -0.39 is 0 Å².